The second-order valence-corrected chi connectivity index (χ2v) is 4.71. The lowest BCUT2D eigenvalue weighted by Crippen LogP contribution is -2.31. The third-order valence-corrected chi connectivity index (χ3v) is 3.59. The lowest BCUT2D eigenvalue weighted by Gasteiger charge is -2.22. The molecule has 3 rings (SSSR count). The van der Waals surface area contributed by atoms with Gasteiger partial charge in [0.2, 0.25) is 0 Å². The van der Waals surface area contributed by atoms with Crippen LogP contribution in [0.25, 0.3) is 0 Å². The largest absolute Gasteiger partial charge is 0.296 e. The standard InChI is InChI=1S/C14H14N/c1-10-7-8-14(2)11-5-3-4-6-12(11)15-13(14)9-10/h3-6H,7-8H2,1-2H3/q+1. The average molecular weight is 196 g/mol. The lowest BCUT2D eigenvalue weighted by atomic mass is 9.72. The van der Waals surface area contributed by atoms with Gasteiger partial charge in [0.25, 0.3) is 11.8 Å². The first-order valence-electron chi connectivity index (χ1n) is 5.48. The summed E-state index contributed by atoms with van der Waals surface area (Å²) in [6.45, 7) is 4.43. The molecule has 0 spiro atoms. The van der Waals surface area contributed by atoms with E-state index < -0.39 is 0 Å². The van der Waals surface area contributed by atoms with E-state index in [4.69, 9.17) is 0 Å². The van der Waals surface area contributed by atoms with Crippen LogP contribution in [-0.4, -0.2) is 5.71 Å². The number of fused-ring (bicyclic) bond motifs is 3. The monoisotopic (exact) mass is 196 g/mol. The Labute approximate surface area is 90.5 Å². The maximum absolute atomic E-state index is 4.68. The zero-order valence-corrected chi connectivity index (χ0v) is 9.17. The van der Waals surface area contributed by atoms with Gasteiger partial charge in [-0.2, -0.15) is 0 Å². The van der Waals surface area contributed by atoms with Crippen molar-refractivity contribution < 1.29 is 0 Å². The minimum Gasteiger partial charge on any atom is -0.201 e. The molecule has 1 aromatic rings. The summed E-state index contributed by atoms with van der Waals surface area (Å²) in [6.07, 6.45) is 5.74. The Morgan fingerprint density at radius 2 is 2.13 bits per heavy atom. The number of para-hydroxylation sites is 1. The molecule has 1 aliphatic carbocycles. The smallest absolute Gasteiger partial charge is 0.201 e. The van der Waals surface area contributed by atoms with Crippen molar-refractivity contribution >= 4 is 11.4 Å². The quantitative estimate of drug-likeness (QED) is 0.562. The van der Waals surface area contributed by atoms with Crippen molar-refractivity contribution in [1.29, 1.82) is 0 Å². The highest BCUT2D eigenvalue weighted by Crippen LogP contribution is 2.45. The molecule has 1 heterocycles. The molecule has 0 saturated carbocycles. The van der Waals surface area contributed by atoms with E-state index in [2.05, 4.69) is 49.2 Å². The molecule has 0 aromatic heterocycles. The van der Waals surface area contributed by atoms with Gasteiger partial charge in [-0.15, -0.1) is 0 Å². The van der Waals surface area contributed by atoms with Crippen LogP contribution in [0.2, 0.25) is 0 Å². The first kappa shape index (κ1) is 8.82. The van der Waals surface area contributed by atoms with E-state index in [9.17, 15) is 0 Å². The molecule has 74 valence electrons. The number of allylic oxidation sites excluding steroid dienone is 2. The zero-order chi connectivity index (χ0) is 10.5. The van der Waals surface area contributed by atoms with E-state index >= 15 is 0 Å². The van der Waals surface area contributed by atoms with E-state index in [-0.39, 0.29) is 5.41 Å². The van der Waals surface area contributed by atoms with Gasteiger partial charge in [0.05, 0.1) is 11.1 Å². The first-order chi connectivity index (χ1) is 7.20. The minimum absolute atomic E-state index is 0.121. The number of aliphatic imine (C=N–C) groups is 1. The van der Waals surface area contributed by atoms with Crippen LogP contribution in [0.5, 0.6) is 0 Å². The molecule has 0 N–H and O–H groups in total. The van der Waals surface area contributed by atoms with Crippen molar-refractivity contribution in [1.82, 2.24) is 0 Å². The SMILES string of the molecule is CC1=[C+]C2=Nc3ccccc3C2(C)CC1. The number of nitrogens with zero attached hydrogens (tertiary/aromatic N) is 1. The molecular formula is C14H14N+. The highest BCUT2D eigenvalue weighted by Gasteiger charge is 2.48. The topological polar surface area (TPSA) is 12.4 Å². The third-order valence-electron chi connectivity index (χ3n) is 3.59. The van der Waals surface area contributed by atoms with E-state index in [0.717, 1.165) is 17.8 Å². The van der Waals surface area contributed by atoms with Crippen molar-refractivity contribution in [2.75, 3.05) is 0 Å². The molecule has 0 amide bonds. The third kappa shape index (κ3) is 1.10. The van der Waals surface area contributed by atoms with Crippen molar-refractivity contribution in [3.63, 3.8) is 0 Å². The van der Waals surface area contributed by atoms with Crippen LogP contribution in [-0.2, 0) is 5.41 Å². The summed E-state index contributed by atoms with van der Waals surface area (Å²) in [5.41, 5.74) is 5.10. The summed E-state index contributed by atoms with van der Waals surface area (Å²) in [5, 5.41) is 0. The molecule has 1 aromatic carbocycles. The molecule has 15 heavy (non-hydrogen) atoms. The molecule has 2 aliphatic rings. The molecule has 0 saturated heterocycles. The number of benzene rings is 1. The highest BCUT2D eigenvalue weighted by molar-refractivity contribution is 6.07. The van der Waals surface area contributed by atoms with Crippen LogP contribution in [0.3, 0.4) is 0 Å². The predicted molar refractivity (Wildman–Crippen MR) is 62.6 cm³/mol. The maximum Gasteiger partial charge on any atom is 0.296 e. The van der Waals surface area contributed by atoms with E-state index in [1.54, 1.807) is 0 Å². The second kappa shape index (κ2) is 2.77. The Balaban J connectivity index is 2.21. The summed E-state index contributed by atoms with van der Waals surface area (Å²) in [7, 11) is 0. The van der Waals surface area contributed by atoms with Crippen LogP contribution in [0.1, 0.15) is 32.3 Å². The van der Waals surface area contributed by atoms with Gasteiger partial charge in [-0.25, -0.2) is 4.99 Å². The maximum atomic E-state index is 4.68. The summed E-state index contributed by atoms with van der Waals surface area (Å²) in [4.78, 5) is 4.68. The van der Waals surface area contributed by atoms with Gasteiger partial charge in [0, 0.05) is 13.3 Å². The van der Waals surface area contributed by atoms with Gasteiger partial charge in [0.15, 0.2) is 5.57 Å². The average Bonchev–Trinajstić information content (AvgIpc) is 2.52. The number of hydrogen-bond donors (Lipinski definition) is 0. The fourth-order valence-corrected chi connectivity index (χ4v) is 2.53. The second-order valence-electron chi connectivity index (χ2n) is 4.71. The molecule has 1 heteroatoms. The molecule has 0 bridgehead atoms. The van der Waals surface area contributed by atoms with Crippen LogP contribution in [0.4, 0.5) is 5.69 Å². The number of rotatable bonds is 0. The van der Waals surface area contributed by atoms with Gasteiger partial charge in [-0.1, -0.05) is 18.2 Å². The fraction of sp³-hybridized carbons (Fsp3) is 0.357. The summed E-state index contributed by atoms with van der Waals surface area (Å²) in [6, 6.07) is 8.46. The Bertz CT molecular complexity index is 482. The van der Waals surface area contributed by atoms with Gasteiger partial charge in [-0.05, 0) is 25.0 Å². The molecule has 0 fully saturated rings. The van der Waals surface area contributed by atoms with Crippen molar-refractivity contribution in [3.8, 4) is 0 Å². The van der Waals surface area contributed by atoms with Gasteiger partial charge < -0.3 is 0 Å². The summed E-state index contributed by atoms with van der Waals surface area (Å²) < 4.78 is 0. The van der Waals surface area contributed by atoms with Crippen LogP contribution < -0.4 is 0 Å². The molecule has 1 atom stereocenters. The van der Waals surface area contributed by atoms with Gasteiger partial charge in [-0.3, -0.25) is 0 Å². The Kier molecular flexibility index (Phi) is 1.63. The van der Waals surface area contributed by atoms with Gasteiger partial charge >= 0.3 is 0 Å². The molecule has 0 radical (unpaired) electrons. The van der Waals surface area contributed by atoms with E-state index in [1.807, 2.05) is 0 Å². The first-order valence-corrected chi connectivity index (χ1v) is 5.48. The molecule has 1 nitrogen and oxygen atoms in total. The lowest BCUT2D eigenvalue weighted by molar-refractivity contribution is 0.572. The zero-order valence-electron chi connectivity index (χ0n) is 9.17. The summed E-state index contributed by atoms with van der Waals surface area (Å²) in [5.74, 6) is 0. The van der Waals surface area contributed by atoms with E-state index in [1.165, 1.54) is 17.6 Å². The Morgan fingerprint density at radius 1 is 1.33 bits per heavy atom. The van der Waals surface area contributed by atoms with Crippen molar-refractivity contribution in [3.05, 3.63) is 41.5 Å². The minimum atomic E-state index is 0.121. The van der Waals surface area contributed by atoms with Crippen LogP contribution in [0.15, 0.2) is 34.8 Å². The Morgan fingerprint density at radius 3 is 3.00 bits per heavy atom. The summed E-state index contributed by atoms with van der Waals surface area (Å²) >= 11 is 0. The Hall–Kier alpha value is -1.46. The molecule has 1 aliphatic heterocycles. The molecule has 1 unspecified atom stereocenters. The molecular weight excluding hydrogens is 182 g/mol. The highest BCUT2D eigenvalue weighted by atomic mass is 14.8. The normalized spacial score (nSPS) is 27.3. The number of hydrogen-bond acceptors (Lipinski definition) is 1. The van der Waals surface area contributed by atoms with Crippen LogP contribution >= 0.6 is 0 Å². The van der Waals surface area contributed by atoms with E-state index in [0.29, 0.717) is 0 Å². The predicted octanol–water partition coefficient (Wildman–Crippen LogP) is 3.57. The van der Waals surface area contributed by atoms with Crippen molar-refractivity contribution in [2.45, 2.75) is 32.1 Å². The van der Waals surface area contributed by atoms with Gasteiger partial charge in [0.1, 0.15) is 0 Å². The van der Waals surface area contributed by atoms with Crippen LogP contribution in [0, 0.1) is 6.08 Å². The van der Waals surface area contributed by atoms with Crippen molar-refractivity contribution in [2.24, 2.45) is 4.99 Å². The fourth-order valence-electron chi connectivity index (χ4n) is 2.53.